The smallest absolute Gasteiger partial charge is 0.165 e. The van der Waals surface area contributed by atoms with Gasteiger partial charge in [-0.15, -0.1) is 0 Å². The summed E-state index contributed by atoms with van der Waals surface area (Å²) in [5.74, 6) is 1.14. The van der Waals surface area contributed by atoms with E-state index in [4.69, 9.17) is 17.3 Å². The first-order valence-electron chi connectivity index (χ1n) is 10.4. The number of H-pyrrole nitrogens is 1. The summed E-state index contributed by atoms with van der Waals surface area (Å²) in [4.78, 5) is 12.6. The topological polar surface area (TPSA) is 99.8 Å². The molecule has 0 amide bonds. The van der Waals surface area contributed by atoms with Gasteiger partial charge in [0.25, 0.3) is 0 Å². The van der Waals surface area contributed by atoms with Crippen LogP contribution in [-0.4, -0.2) is 32.6 Å². The molecule has 0 fully saturated rings. The first-order chi connectivity index (χ1) is 15.6. The van der Waals surface area contributed by atoms with E-state index in [1.807, 2.05) is 42.6 Å². The fourth-order valence-corrected chi connectivity index (χ4v) is 4.07. The van der Waals surface area contributed by atoms with E-state index in [-0.39, 0.29) is 11.8 Å². The van der Waals surface area contributed by atoms with Crippen molar-refractivity contribution < 1.29 is 5.11 Å². The SMILES string of the molecule is NC(CNc1nc(-c2cc(Cl)ccc2O)nc2ccccc12)Cc1c[nH]c2ccccc12. The molecule has 5 rings (SSSR count). The fourth-order valence-electron chi connectivity index (χ4n) is 3.90. The van der Waals surface area contributed by atoms with Gasteiger partial charge in [-0.3, -0.25) is 0 Å². The first-order valence-corrected chi connectivity index (χ1v) is 10.8. The van der Waals surface area contributed by atoms with Gasteiger partial charge in [0.1, 0.15) is 11.6 Å². The largest absolute Gasteiger partial charge is 0.507 e. The lowest BCUT2D eigenvalue weighted by molar-refractivity contribution is 0.477. The van der Waals surface area contributed by atoms with Crippen LogP contribution in [0.15, 0.2) is 72.9 Å². The van der Waals surface area contributed by atoms with Crippen molar-refractivity contribution in [3.05, 3.63) is 83.5 Å². The summed E-state index contributed by atoms with van der Waals surface area (Å²) in [6, 6.07) is 20.7. The Morgan fingerprint density at radius 3 is 2.66 bits per heavy atom. The second-order valence-corrected chi connectivity index (χ2v) is 8.22. The Morgan fingerprint density at radius 1 is 1.00 bits per heavy atom. The van der Waals surface area contributed by atoms with Crippen LogP contribution in [0.3, 0.4) is 0 Å². The van der Waals surface area contributed by atoms with Gasteiger partial charge in [0.15, 0.2) is 5.82 Å². The van der Waals surface area contributed by atoms with E-state index in [9.17, 15) is 5.11 Å². The molecule has 7 heteroatoms. The van der Waals surface area contributed by atoms with Gasteiger partial charge < -0.3 is 21.1 Å². The lowest BCUT2D eigenvalue weighted by Crippen LogP contribution is -2.31. The van der Waals surface area contributed by atoms with Crippen molar-refractivity contribution in [3.63, 3.8) is 0 Å². The van der Waals surface area contributed by atoms with Gasteiger partial charge in [-0.25, -0.2) is 9.97 Å². The van der Waals surface area contributed by atoms with Crippen LogP contribution in [0, 0.1) is 0 Å². The lowest BCUT2D eigenvalue weighted by Gasteiger charge is -2.15. The van der Waals surface area contributed by atoms with Crippen molar-refractivity contribution in [2.24, 2.45) is 5.73 Å². The highest BCUT2D eigenvalue weighted by atomic mass is 35.5. The molecule has 160 valence electrons. The Balaban J connectivity index is 1.42. The van der Waals surface area contributed by atoms with Gasteiger partial charge in [-0.2, -0.15) is 0 Å². The second kappa shape index (κ2) is 8.49. The highest BCUT2D eigenvalue weighted by molar-refractivity contribution is 6.30. The molecule has 0 aliphatic heterocycles. The van der Waals surface area contributed by atoms with Gasteiger partial charge >= 0.3 is 0 Å². The van der Waals surface area contributed by atoms with E-state index in [2.05, 4.69) is 32.4 Å². The molecule has 2 aromatic heterocycles. The molecule has 0 saturated carbocycles. The third kappa shape index (κ3) is 3.98. The summed E-state index contributed by atoms with van der Waals surface area (Å²) in [5.41, 5.74) is 10.0. The van der Waals surface area contributed by atoms with Gasteiger partial charge in [0, 0.05) is 40.1 Å². The monoisotopic (exact) mass is 443 g/mol. The molecule has 32 heavy (non-hydrogen) atoms. The molecule has 0 saturated heterocycles. The number of benzene rings is 3. The van der Waals surface area contributed by atoms with Crippen molar-refractivity contribution in [2.45, 2.75) is 12.5 Å². The van der Waals surface area contributed by atoms with E-state index in [0.29, 0.717) is 28.8 Å². The van der Waals surface area contributed by atoms with Crippen LogP contribution in [0.2, 0.25) is 5.02 Å². The molecule has 1 unspecified atom stereocenters. The number of phenols is 1. The van der Waals surface area contributed by atoms with Gasteiger partial charge in [-0.05, 0) is 48.4 Å². The zero-order valence-electron chi connectivity index (χ0n) is 17.2. The van der Waals surface area contributed by atoms with Gasteiger partial charge in [0.2, 0.25) is 0 Å². The number of rotatable bonds is 6. The van der Waals surface area contributed by atoms with Gasteiger partial charge in [0.05, 0.1) is 11.1 Å². The molecule has 3 aromatic carbocycles. The molecule has 5 N–H and O–H groups in total. The summed E-state index contributed by atoms with van der Waals surface area (Å²) in [5, 5.41) is 16.3. The Morgan fingerprint density at radius 2 is 1.78 bits per heavy atom. The number of aromatic nitrogens is 3. The molecular weight excluding hydrogens is 422 g/mol. The number of hydrogen-bond donors (Lipinski definition) is 4. The predicted molar refractivity (Wildman–Crippen MR) is 130 cm³/mol. The van der Waals surface area contributed by atoms with Gasteiger partial charge in [-0.1, -0.05) is 41.9 Å². The Hall–Kier alpha value is -3.61. The maximum atomic E-state index is 10.3. The number of aromatic amines is 1. The van der Waals surface area contributed by atoms with Crippen molar-refractivity contribution in [2.75, 3.05) is 11.9 Å². The number of halogens is 1. The normalized spacial score (nSPS) is 12.3. The van der Waals surface area contributed by atoms with Crippen molar-refractivity contribution in [1.29, 1.82) is 0 Å². The second-order valence-electron chi connectivity index (χ2n) is 7.78. The summed E-state index contributed by atoms with van der Waals surface area (Å²) < 4.78 is 0. The lowest BCUT2D eigenvalue weighted by atomic mass is 10.1. The number of nitrogens with two attached hydrogens (primary N) is 1. The number of fused-ring (bicyclic) bond motifs is 2. The van der Waals surface area contributed by atoms with E-state index in [0.717, 1.165) is 22.8 Å². The van der Waals surface area contributed by atoms with E-state index in [1.54, 1.807) is 18.2 Å². The zero-order chi connectivity index (χ0) is 22.1. The molecule has 0 radical (unpaired) electrons. The summed E-state index contributed by atoms with van der Waals surface area (Å²) >= 11 is 6.14. The molecule has 2 heterocycles. The van der Waals surface area contributed by atoms with E-state index < -0.39 is 0 Å². The third-order valence-corrected chi connectivity index (χ3v) is 5.73. The highest BCUT2D eigenvalue weighted by Gasteiger charge is 2.14. The minimum absolute atomic E-state index is 0.0756. The van der Waals surface area contributed by atoms with Crippen LogP contribution in [0.25, 0.3) is 33.2 Å². The average Bonchev–Trinajstić information content (AvgIpc) is 3.21. The maximum absolute atomic E-state index is 10.3. The minimum Gasteiger partial charge on any atom is -0.507 e. The molecule has 0 aliphatic carbocycles. The van der Waals surface area contributed by atoms with E-state index in [1.165, 1.54) is 10.9 Å². The first kappa shape index (κ1) is 20.3. The molecule has 0 aliphatic rings. The molecule has 6 nitrogen and oxygen atoms in total. The summed E-state index contributed by atoms with van der Waals surface area (Å²) in [6.45, 7) is 0.529. The average molecular weight is 444 g/mol. The number of nitrogens with zero attached hydrogens (tertiary/aromatic N) is 2. The standard InChI is InChI=1S/C25H22ClN5O/c26-16-9-10-23(32)20(12-16)25-30-22-8-4-2-6-19(22)24(31-25)29-14-17(27)11-15-13-28-21-7-3-1-5-18(15)21/h1-10,12-13,17,28,32H,11,14,27H2,(H,29,30,31). The Kier molecular flexibility index (Phi) is 5.39. The summed E-state index contributed by atoms with van der Waals surface area (Å²) in [7, 11) is 0. The quantitative estimate of drug-likeness (QED) is 0.292. The van der Waals surface area contributed by atoms with E-state index >= 15 is 0 Å². The van der Waals surface area contributed by atoms with Crippen molar-refractivity contribution in [1.82, 2.24) is 15.0 Å². The maximum Gasteiger partial charge on any atom is 0.165 e. The molecule has 0 spiro atoms. The number of hydrogen-bond acceptors (Lipinski definition) is 5. The predicted octanol–water partition coefficient (Wildman–Crippen LogP) is 5.12. The molecule has 0 bridgehead atoms. The van der Waals surface area contributed by atoms with Crippen LogP contribution < -0.4 is 11.1 Å². The van der Waals surface area contributed by atoms with Crippen molar-refractivity contribution >= 4 is 39.2 Å². The number of phenolic OH excluding ortho intramolecular Hbond substituents is 1. The minimum atomic E-state index is -0.119. The van der Waals surface area contributed by atoms with Crippen LogP contribution in [-0.2, 0) is 6.42 Å². The Bertz CT molecular complexity index is 1410. The van der Waals surface area contributed by atoms with Crippen molar-refractivity contribution in [3.8, 4) is 17.1 Å². The third-order valence-electron chi connectivity index (χ3n) is 5.49. The highest BCUT2D eigenvalue weighted by Crippen LogP contribution is 2.32. The summed E-state index contributed by atoms with van der Waals surface area (Å²) in [6.07, 6.45) is 2.74. The van der Waals surface area contributed by atoms with Crippen LogP contribution >= 0.6 is 11.6 Å². The van der Waals surface area contributed by atoms with Crippen LogP contribution in [0.4, 0.5) is 5.82 Å². The number of nitrogens with one attached hydrogen (secondary N) is 2. The number of para-hydroxylation sites is 2. The Labute approximate surface area is 190 Å². The number of aromatic hydroxyl groups is 1. The number of anilines is 1. The molecule has 5 aromatic rings. The molecule has 1 atom stereocenters. The van der Waals surface area contributed by atoms with Crippen LogP contribution in [0.1, 0.15) is 5.56 Å². The zero-order valence-corrected chi connectivity index (χ0v) is 18.0. The molecular formula is C25H22ClN5O. The fraction of sp³-hybridized carbons (Fsp3) is 0.120. The van der Waals surface area contributed by atoms with Crippen LogP contribution in [0.5, 0.6) is 5.75 Å².